The number of carbonyl (C=O) groups is 2. The predicted molar refractivity (Wildman–Crippen MR) is 91.5 cm³/mol. The van der Waals surface area contributed by atoms with Gasteiger partial charge < -0.3 is 24.1 Å². The molecule has 0 radical (unpaired) electrons. The first-order valence-corrected chi connectivity index (χ1v) is 9.73. The number of carbonyl (C=O) groups excluding carboxylic acids is 2. The van der Waals surface area contributed by atoms with E-state index in [1.807, 2.05) is 13.8 Å². The molecule has 3 heterocycles. The van der Waals surface area contributed by atoms with Crippen LogP contribution in [0.1, 0.15) is 40.0 Å². The fourth-order valence-corrected chi connectivity index (χ4v) is 5.91. The summed E-state index contributed by atoms with van der Waals surface area (Å²) in [6.07, 6.45) is -0.00228. The van der Waals surface area contributed by atoms with Gasteiger partial charge in [0, 0.05) is 16.9 Å². The SMILES string of the molecule is C=C1C(=O)O[C@H]2[C@H]1[C@@H](O)C[C@@]1(C)[C@@H](OC(=O)[C@@]3(C)O[C@H]3C)CC[C@]3(CO3)[C@H]21. The van der Waals surface area contributed by atoms with Gasteiger partial charge in [-0.05, 0) is 33.1 Å². The van der Waals surface area contributed by atoms with Crippen molar-refractivity contribution in [3.63, 3.8) is 0 Å². The average molecular weight is 378 g/mol. The minimum Gasteiger partial charge on any atom is -0.460 e. The Bertz CT molecular complexity index is 743. The van der Waals surface area contributed by atoms with Crippen molar-refractivity contribution in [2.24, 2.45) is 17.3 Å². The first-order valence-electron chi connectivity index (χ1n) is 9.73. The molecule has 3 saturated heterocycles. The zero-order chi connectivity index (χ0) is 19.4. The molecule has 27 heavy (non-hydrogen) atoms. The summed E-state index contributed by atoms with van der Waals surface area (Å²) in [4.78, 5) is 24.8. The first kappa shape index (κ1) is 17.6. The number of esters is 2. The van der Waals surface area contributed by atoms with Crippen LogP contribution in [-0.2, 0) is 28.5 Å². The van der Waals surface area contributed by atoms with E-state index in [0.717, 1.165) is 6.42 Å². The molecular formula is C20H26O7. The molecule has 2 saturated carbocycles. The molecule has 1 spiro atoms. The second-order valence-corrected chi connectivity index (χ2v) is 9.33. The van der Waals surface area contributed by atoms with E-state index in [1.165, 1.54) is 0 Å². The third-order valence-electron chi connectivity index (χ3n) is 7.81. The minimum atomic E-state index is -0.888. The van der Waals surface area contributed by atoms with Gasteiger partial charge in [0.2, 0.25) is 0 Å². The Kier molecular flexibility index (Phi) is 3.35. The highest BCUT2D eigenvalue weighted by atomic mass is 16.7. The standard InChI is InChI=1S/C20H26O7/c1-9-13-11(21)7-18(3)12(25-17(23)19(4)10(2)27-19)5-6-20(8-24-20)15(18)14(13)26-16(9)22/h10-15,21H,1,5-8H2,2-4H3/t10-,11-,12-,13+,14-,15+,18-,19-,20-/m0/s1. The summed E-state index contributed by atoms with van der Waals surface area (Å²) < 4.78 is 22.9. The molecule has 5 aliphatic rings. The van der Waals surface area contributed by atoms with Crippen LogP contribution in [0.5, 0.6) is 0 Å². The van der Waals surface area contributed by atoms with Crippen LogP contribution in [0.4, 0.5) is 0 Å². The molecule has 7 heteroatoms. The van der Waals surface area contributed by atoms with Crippen molar-refractivity contribution in [1.82, 2.24) is 0 Å². The van der Waals surface area contributed by atoms with Crippen molar-refractivity contribution in [3.8, 4) is 0 Å². The molecule has 3 aliphatic heterocycles. The molecule has 148 valence electrons. The summed E-state index contributed by atoms with van der Waals surface area (Å²) in [6, 6.07) is 0. The van der Waals surface area contributed by atoms with Gasteiger partial charge in [0.05, 0.1) is 30.3 Å². The molecule has 0 bridgehead atoms. The van der Waals surface area contributed by atoms with Gasteiger partial charge in [-0.3, -0.25) is 0 Å². The van der Waals surface area contributed by atoms with Crippen molar-refractivity contribution in [3.05, 3.63) is 12.2 Å². The van der Waals surface area contributed by atoms with Crippen LogP contribution in [0.2, 0.25) is 0 Å². The summed E-state index contributed by atoms with van der Waals surface area (Å²) in [5, 5.41) is 10.8. The quantitative estimate of drug-likeness (QED) is 0.437. The van der Waals surface area contributed by atoms with Crippen LogP contribution in [0.15, 0.2) is 12.2 Å². The van der Waals surface area contributed by atoms with E-state index in [1.54, 1.807) is 6.92 Å². The zero-order valence-electron chi connectivity index (χ0n) is 15.9. The number of hydrogen-bond acceptors (Lipinski definition) is 7. The fourth-order valence-electron chi connectivity index (χ4n) is 5.91. The van der Waals surface area contributed by atoms with E-state index in [0.29, 0.717) is 25.0 Å². The predicted octanol–water partition coefficient (Wildman–Crippen LogP) is 1.12. The number of aliphatic hydroxyl groups excluding tert-OH is 1. The van der Waals surface area contributed by atoms with Crippen molar-refractivity contribution in [1.29, 1.82) is 0 Å². The highest BCUT2D eigenvalue weighted by Crippen LogP contribution is 2.64. The smallest absolute Gasteiger partial charge is 0.341 e. The molecule has 2 aliphatic carbocycles. The van der Waals surface area contributed by atoms with Crippen LogP contribution in [0, 0.1) is 17.3 Å². The Morgan fingerprint density at radius 3 is 2.63 bits per heavy atom. The van der Waals surface area contributed by atoms with Gasteiger partial charge in [0.25, 0.3) is 0 Å². The number of hydrogen-bond donors (Lipinski definition) is 1. The van der Waals surface area contributed by atoms with Crippen molar-refractivity contribution in [2.45, 2.75) is 75.7 Å². The summed E-state index contributed by atoms with van der Waals surface area (Å²) >= 11 is 0. The van der Waals surface area contributed by atoms with Gasteiger partial charge in [-0.2, -0.15) is 0 Å². The molecule has 7 nitrogen and oxygen atoms in total. The second-order valence-electron chi connectivity index (χ2n) is 9.33. The maximum Gasteiger partial charge on any atom is 0.341 e. The van der Waals surface area contributed by atoms with E-state index >= 15 is 0 Å². The Morgan fingerprint density at radius 2 is 2.04 bits per heavy atom. The Hall–Kier alpha value is -1.44. The third kappa shape index (κ3) is 2.19. The highest BCUT2D eigenvalue weighted by Gasteiger charge is 2.72. The Balaban J connectivity index is 1.48. The summed E-state index contributed by atoms with van der Waals surface area (Å²) in [7, 11) is 0. The summed E-state index contributed by atoms with van der Waals surface area (Å²) in [6.45, 7) is 10.0. The first-order chi connectivity index (χ1) is 12.6. The molecule has 0 aromatic heterocycles. The Labute approximate surface area is 158 Å². The third-order valence-corrected chi connectivity index (χ3v) is 7.81. The molecule has 0 aromatic rings. The van der Waals surface area contributed by atoms with E-state index < -0.39 is 35.1 Å². The maximum absolute atomic E-state index is 12.7. The Morgan fingerprint density at radius 1 is 1.37 bits per heavy atom. The van der Waals surface area contributed by atoms with Crippen LogP contribution < -0.4 is 0 Å². The zero-order valence-corrected chi connectivity index (χ0v) is 15.9. The molecule has 1 N–H and O–H groups in total. The number of epoxide rings is 2. The van der Waals surface area contributed by atoms with Gasteiger partial charge in [0.15, 0.2) is 5.60 Å². The van der Waals surface area contributed by atoms with E-state index in [-0.39, 0.29) is 29.7 Å². The van der Waals surface area contributed by atoms with Gasteiger partial charge in [-0.15, -0.1) is 0 Å². The lowest BCUT2D eigenvalue weighted by Gasteiger charge is -2.56. The van der Waals surface area contributed by atoms with Crippen LogP contribution in [0.3, 0.4) is 0 Å². The van der Waals surface area contributed by atoms with Gasteiger partial charge in [0.1, 0.15) is 12.2 Å². The van der Waals surface area contributed by atoms with E-state index in [9.17, 15) is 14.7 Å². The van der Waals surface area contributed by atoms with Crippen molar-refractivity contribution in [2.75, 3.05) is 6.61 Å². The van der Waals surface area contributed by atoms with Crippen molar-refractivity contribution < 1.29 is 33.6 Å². The summed E-state index contributed by atoms with van der Waals surface area (Å²) in [5.41, 5.74) is -1.47. The van der Waals surface area contributed by atoms with Crippen molar-refractivity contribution >= 4 is 11.9 Å². The maximum atomic E-state index is 12.7. The second kappa shape index (κ2) is 5.13. The highest BCUT2D eigenvalue weighted by molar-refractivity contribution is 5.91. The number of aliphatic hydroxyl groups is 1. The molecule has 5 rings (SSSR count). The van der Waals surface area contributed by atoms with E-state index in [4.69, 9.17) is 18.9 Å². The minimum absolute atomic E-state index is 0.140. The van der Waals surface area contributed by atoms with E-state index in [2.05, 4.69) is 6.58 Å². The summed E-state index contributed by atoms with van der Waals surface area (Å²) in [5.74, 6) is -1.37. The van der Waals surface area contributed by atoms with Crippen LogP contribution >= 0.6 is 0 Å². The normalized spacial score (nSPS) is 55.6. The lowest BCUT2D eigenvalue weighted by molar-refractivity contribution is -0.207. The largest absolute Gasteiger partial charge is 0.460 e. The number of ether oxygens (including phenoxy) is 4. The molecule has 5 fully saturated rings. The van der Waals surface area contributed by atoms with Crippen LogP contribution in [0.25, 0.3) is 0 Å². The van der Waals surface area contributed by atoms with Crippen LogP contribution in [-0.4, -0.2) is 59.3 Å². The number of rotatable bonds is 2. The lowest BCUT2D eigenvalue weighted by Crippen LogP contribution is -2.63. The average Bonchev–Trinajstić information content (AvgIpc) is 3.45. The number of fused-ring (bicyclic) bond motifs is 4. The molecule has 0 aromatic carbocycles. The fraction of sp³-hybridized carbons (Fsp3) is 0.800. The molecular weight excluding hydrogens is 352 g/mol. The topological polar surface area (TPSA) is 97.9 Å². The molecule has 0 amide bonds. The van der Waals surface area contributed by atoms with Gasteiger partial charge in [-0.1, -0.05) is 13.5 Å². The van der Waals surface area contributed by atoms with Gasteiger partial charge in [-0.25, -0.2) is 9.59 Å². The van der Waals surface area contributed by atoms with Gasteiger partial charge >= 0.3 is 11.9 Å². The molecule has 9 atom stereocenters. The molecule has 0 unspecified atom stereocenters. The lowest BCUT2D eigenvalue weighted by atomic mass is 9.51. The monoisotopic (exact) mass is 378 g/mol.